The highest BCUT2D eigenvalue weighted by molar-refractivity contribution is 7.99. The molecule has 0 fully saturated rings. The molecule has 0 aliphatic rings. The van der Waals surface area contributed by atoms with Crippen LogP contribution in [0.25, 0.3) is 0 Å². The fraction of sp³-hybridized carbons (Fsp3) is 0.417. The number of nitrogens with two attached hydrogens (primary N) is 1. The highest BCUT2D eigenvalue weighted by Crippen LogP contribution is 2.31. The van der Waals surface area contributed by atoms with Gasteiger partial charge in [-0.1, -0.05) is 12.1 Å². The van der Waals surface area contributed by atoms with Crippen molar-refractivity contribution in [3.05, 3.63) is 35.4 Å². The number of benzene rings is 1. The van der Waals surface area contributed by atoms with E-state index in [1.807, 2.05) is 0 Å². The molecule has 0 aliphatic carbocycles. The summed E-state index contributed by atoms with van der Waals surface area (Å²) in [5.41, 5.74) is 5.74. The van der Waals surface area contributed by atoms with E-state index < -0.39 is 28.4 Å². The summed E-state index contributed by atoms with van der Waals surface area (Å²) in [6.45, 7) is 3.32. The lowest BCUT2D eigenvalue weighted by molar-refractivity contribution is -0.139. The summed E-state index contributed by atoms with van der Waals surface area (Å²) < 4.78 is 25.6. The number of hydrogen-bond acceptors (Lipinski definition) is 3. The summed E-state index contributed by atoms with van der Waals surface area (Å²) in [5, 5.41) is 8.84. The van der Waals surface area contributed by atoms with Gasteiger partial charge in [-0.3, -0.25) is 4.79 Å². The van der Waals surface area contributed by atoms with Crippen molar-refractivity contribution in [2.24, 2.45) is 5.73 Å². The molecule has 1 aromatic rings. The van der Waals surface area contributed by atoms with Crippen LogP contribution in [0.2, 0.25) is 0 Å². The molecule has 0 amide bonds. The van der Waals surface area contributed by atoms with Gasteiger partial charge in [0.05, 0.1) is 0 Å². The number of carbonyl (C=O) groups is 1. The molecule has 6 heteroatoms. The third-order valence-electron chi connectivity index (χ3n) is 2.65. The van der Waals surface area contributed by atoms with Crippen molar-refractivity contribution < 1.29 is 18.7 Å². The molecule has 1 atom stereocenters. The fourth-order valence-electron chi connectivity index (χ4n) is 1.31. The van der Waals surface area contributed by atoms with Crippen molar-refractivity contribution in [3.63, 3.8) is 0 Å². The maximum atomic E-state index is 13.4. The lowest BCUT2D eigenvalue weighted by Crippen LogP contribution is -2.46. The van der Waals surface area contributed by atoms with E-state index in [-0.39, 0.29) is 11.3 Å². The maximum absolute atomic E-state index is 13.4. The monoisotopic (exact) mass is 275 g/mol. The van der Waals surface area contributed by atoms with Gasteiger partial charge in [-0.05, 0) is 19.9 Å². The molecule has 0 bridgehead atoms. The number of hydrogen-bond donors (Lipinski definition) is 2. The van der Waals surface area contributed by atoms with Crippen LogP contribution in [-0.4, -0.2) is 21.9 Å². The quantitative estimate of drug-likeness (QED) is 0.866. The molecule has 0 radical (unpaired) electrons. The molecular formula is C12H15F2NO2S. The van der Waals surface area contributed by atoms with Gasteiger partial charge in [0.15, 0.2) is 11.6 Å². The molecule has 0 spiro atoms. The third-order valence-corrected chi connectivity index (χ3v) is 4.10. The van der Waals surface area contributed by atoms with Crippen LogP contribution in [0.5, 0.6) is 0 Å². The second kappa shape index (κ2) is 5.67. The molecule has 0 saturated carbocycles. The Labute approximate surface area is 108 Å². The van der Waals surface area contributed by atoms with Crippen LogP contribution in [0.4, 0.5) is 8.78 Å². The van der Waals surface area contributed by atoms with Crippen LogP contribution in [0.3, 0.4) is 0 Å². The largest absolute Gasteiger partial charge is 0.480 e. The number of carboxylic acid groups (broad SMARTS) is 1. The van der Waals surface area contributed by atoms with Gasteiger partial charge in [0.1, 0.15) is 6.04 Å². The van der Waals surface area contributed by atoms with Crippen LogP contribution in [0, 0.1) is 11.6 Å². The Morgan fingerprint density at radius 1 is 1.50 bits per heavy atom. The highest BCUT2D eigenvalue weighted by Gasteiger charge is 2.32. The number of thioether (sulfide) groups is 1. The average Bonchev–Trinajstić information content (AvgIpc) is 2.30. The van der Waals surface area contributed by atoms with Gasteiger partial charge in [0.25, 0.3) is 0 Å². The molecule has 1 rings (SSSR count). The zero-order valence-electron chi connectivity index (χ0n) is 10.1. The maximum Gasteiger partial charge on any atom is 0.321 e. The Hall–Kier alpha value is -1.14. The van der Waals surface area contributed by atoms with E-state index in [1.54, 1.807) is 13.8 Å². The van der Waals surface area contributed by atoms with Crippen molar-refractivity contribution in [3.8, 4) is 0 Å². The Bertz CT molecular complexity index is 452. The van der Waals surface area contributed by atoms with E-state index in [0.717, 1.165) is 6.07 Å². The number of carboxylic acids is 1. The predicted molar refractivity (Wildman–Crippen MR) is 67.3 cm³/mol. The Morgan fingerprint density at radius 2 is 2.11 bits per heavy atom. The summed E-state index contributed by atoms with van der Waals surface area (Å²) in [7, 11) is 0. The number of rotatable bonds is 5. The van der Waals surface area contributed by atoms with Crippen LogP contribution in [0.15, 0.2) is 18.2 Å². The van der Waals surface area contributed by atoms with Gasteiger partial charge in [-0.2, -0.15) is 0 Å². The molecule has 3 nitrogen and oxygen atoms in total. The molecule has 0 heterocycles. The third kappa shape index (κ3) is 3.43. The number of halogens is 2. The van der Waals surface area contributed by atoms with Gasteiger partial charge in [-0.25, -0.2) is 8.78 Å². The highest BCUT2D eigenvalue weighted by atomic mass is 32.2. The van der Waals surface area contributed by atoms with Gasteiger partial charge in [0.2, 0.25) is 0 Å². The Morgan fingerprint density at radius 3 is 2.67 bits per heavy atom. The minimum atomic E-state index is -1.12. The van der Waals surface area contributed by atoms with E-state index >= 15 is 0 Å². The Balaban J connectivity index is 2.76. The van der Waals surface area contributed by atoms with Crippen molar-refractivity contribution in [1.29, 1.82) is 0 Å². The fourth-order valence-corrected chi connectivity index (χ4v) is 2.34. The molecule has 0 saturated heterocycles. The zero-order valence-corrected chi connectivity index (χ0v) is 10.9. The van der Waals surface area contributed by atoms with E-state index in [2.05, 4.69) is 0 Å². The normalized spacial score (nSPS) is 13.4. The molecule has 0 aliphatic heterocycles. The smallest absolute Gasteiger partial charge is 0.321 e. The van der Waals surface area contributed by atoms with E-state index in [1.165, 1.54) is 23.9 Å². The predicted octanol–water partition coefficient (Wildman–Crippen LogP) is 2.39. The van der Waals surface area contributed by atoms with Crippen LogP contribution >= 0.6 is 11.8 Å². The first-order valence-corrected chi connectivity index (χ1v) is 6.29. The van der Waals surface area contributed by atoms with Gasteiger partial charge in [-0.15, -0.1) is 11.8 Å². The van der Waals surface area contributed by atoms with E-state index in [4.69, 9.17) is 10.8 Å². The zero-order chi connectivity index (χ0) is 13.9. The van der Waals surface area contributed by atoms with Gasteiger partial charge >= 0.3 is 5.97 Å². The van der Waals surface area contributed by atoms with Crippen molar-refractivity contribution in [2.75, 3.05) is 0 Å². The molecule has 0 unspecified atom stereocenters. The van der Waals surface area contributed by atoms with Crippen molar-refractivity contribution >= 4 is 17.7 Å². The first kappa shape index (κ1) is 14.9. The van der Waals surface area contributed by atoms with Crippen molar-refractivity contribution in [2.45, 2.75) is 30.4 Å². The summed E-state index contributed by atoms with van der Waals surface area (Å²) >= 11 is 1.18. The molecule has 1 aromatic carbocycles. The molecule has 0 aromatic heterocycles. The SMILES string of the molecule is CC(C)(SCc1cccc(F)c1F)[C@@H](N)C(=O)O. The number of aliphatic carboxylic acids is 1. The standard InChI is InChI=1S/C12H15F2NO2S/c1-12(2,10(15)11(16)17)18-6-7-4-3-5-8(13)9(7)14/h3-5,10H,6,15H2,1-2H3,(H,16,17)/t10-/m0/s1. The van der Waals surface area contributed by atoms with Crippen LogP contribution < -0.4 is 5.73 Å². The summed E-state index contributed by atoms with van der Waals surface area (Å²) in [4.78, 5) is 10.8. The first-order valence-electron chi connectivity index (χ1n) is 5.31. The van der Waals surface area contributed by atoms with Crippen LogP contribution in [0.1, 0.15) is 19.4 Å². The lowest BCUT2D eigenvalue weighted by atomic mass is 10.1. The van der Waals surface area contributed by atoms with Gasteiger partial charge in [0, 0.05) is 16.1 Å². The van der Waals surface area contributed by atoms with E-state index in [0.29, 0.717) is 0 Å². The second-order valence-corrected chi connectivity index (χ2v) is 6.05. The topological polar surface area (TPSA) is 63.3 Å². The second-order valence-electron chi connectivity index (χ2n) is 4.42. The molecule has 18 heavy (non-hydrogen) atoms. The van der Waals surface area contributed by atoms with Crippen molar-refractivity contribution in [1.82, 2.24) is 0 Å². The minimum absolute atomic E-state index is 0.164. The van der Waals surface area contributed by atoms with E-state index in [9.17, 15) is 13.6 Å². The Kier molecular flexibility index (Phi) is 4.70. The lowest BCUT2D eigenvalue weighted by Gasteiger charge is -2.28. The minimum Gasteiger partial charge on any atom is -0.480 e. The van der Waals surface area contributed by atoms with Crippen LogP contribution in [-0.2, 0) is 10.5 Å². The molecule has 100 valence electrons. The average molecular weight is 275 g/mol. The summed E-state index contributed by atoms with van der Waals surface area (Å²) in [6, 6.07) is 2.85. The molecular weight excluding hydrogens is 260 g/mol. The summed E-state index contributed by atoms with van der Waals surface area (Å²) in [5.74, 6) is -2.76. The summed E-state index contributed by atoms with van der Waals surface area (Å²) in [6.07, 6.45) is 0. The molecule has 3 N–H and O–H groups in total. The first-order chi connectivity index (χ1) is 8.25. The van der Waals surface area contributed by atoms with Gasteiger partial charge < -0.3 is 10.8 Å².